The van der Waals surface area contributed by atoms with Crippen molar-refractivity contribution in [1.29, 1.82) is 0 Å². The lowest BCUT2D eigenvalue weighted by Gasteiger charge is -2.07. The van der Waals surface area contributed by atoms with Crippen LogP contribution in [0.15, 0.2) is 18.2 Å². The van der Waals surface area contributed by atoms with Crippen LogP contribution in [0.5, 0.6) is 0 Å². The van der Waals surface area contributed by atoms with Crippen LogP contribution in [0.2, 0.25) is 0 Å². The third kappa shape index (κ3) is 2.77. The zero-order valence-electron chi connectivity index (χ0n) is 7.79. The van der Waals surface area contributed by atoms with Gasteiger partial charge < -0.3 is 5.32 Å². The van der Waals surface area contributed by atoms with Crippen LogP contribution in [0.4, 0.5) is 5.69 Å². The van der Waals surface area contributed by atoms with Crippen LogP contribution in [0.25, 0.3) is 0 Å². The van der Waals surface area contributed by atoms with Crippen LogP contribution in [-0.4, -0.2) is 11.7 Å². The van der Waals surface area contributed by atoms with Crippen molar-refractivity contribution in [3.05, 3.63) is 29.3 Å². The number of carbonyl (C=O) groups is 1. The van der Waals surface area contributed by atoms with Crippen molar-refractivity contribution in [2.24, 2.45) is 0 Å². The summed E-state index contributed by atoms with van der Waals surface area (Å²) in [6.45, 7) is 3.96. The van der Waals surface area contributed by atoms with E-state index in [-0.39, 0.29) is 11.7 Å². The lowest BCUT2D eigenvalue weighted by atomic mass is 10.1. The molecular formula is C10H13NOS. The minimum Gasteiger partial charge on any atom is -0.325 e. The van der Waals surface area contributed by atoms with Gasteiger partial charge in [0.05, 0.1) is 5.75 Å². The average Bonchev–Trinajstić information content (AvgIpc) is 2.11. The number of carbonyl (C=O) groups excluding carboxylic acids is 1. The van der Waals surface area contributed by atoms with Crippen molar-refractivity contribution in [2.45, 2.75) is 13.8 Å². The first kappa shape index (κ1) is 10.1. The largest absolute Gasteiger partial charge is 0.325 e. The van der Waals surface area contributed by atoms with Crippen molar-refractivity contribution in [3.8, 4) is 0 Å². The Labute approximate surface area is 83.8 Å². The number of amides is 1. The SMILES string of the molecule is Cc1ccc(C)c(NC(=O)CS)c1. The van der Waals surface area contributed by atoms with Gasteiger partial charge in [-0.3, -0.25) is 4.79 Å². The number of rotatable bonds is 2. The molecule has 0 aliphatic heterocycles. The molecule has 0 bridgehead atoms. The molecule has 1 aromatic rings. The standard InChI is InChI=1S/C10H13NOS/c1-7-3-4-8(2)9(5-7)11-10(12)6-13/h3-5,13H,6H2,1-2H3,(H,11,12). The summed E-state index contributed by atoms with van der Waals surface area (Å²) >= 11 is 3.89. The Morgan fingerprint density at radius 1 is 1.46 bits per heavy atom. The topological polar surface area (TPSA) is 29.1 Å². The first-order valence-electron chi connectivity index (χ1n) is 4.11. The number of nitrogens with one attached hydrogen (secondary N) is 1. The minimum atomic E-state index is -0.0722. The molecule has 0 unspecified atom stereocenters. The molecule has 70 valence electrons. The number of hydrogen-bond donors (Lipinski definition) is 2. The maximum Gasteiger partial charge on any atom is 0.234 e. The Balaban J connectivity index is 2.87. The molecule has 2 nitrogen and oxygen atoms in total. The van der Waals surface area contributed by atoms with Gasteiger partial charge in [-0.1, -0.05) is 12.1 Å². The highest BCUT2D eigenvalue weighted by molar-refractivity contribution is 7.81. The maximum absolute atomic E-state index is 11.1. The molecule has 3 heteroatoms. The summed E-state index contributed by atoms with van der Waals surface area (Å²) in [7, 11) is 0. The maximum atomic E-state index is 11.1. The molecule has 0 fully saturated rings. The molecule has 0 heterocycles. The van der Waals surface area contributed by atoms with Gasteiger partial charge in [0.2, 0.25) is 5.91 Å². The fourth-order valence-electron chi connectivity index (χ4n) is 1.06. The Hall–Kier alpha value is -0.960. The number of hydrogen-bond acceptors (Lipinski definition) is 2. The molecule has 1 N–H and O–H groups in total. The monoisotopic (exact) mass is 195 g/mol. The van der Waals surface area contributed by atoms with Gasteiger partial charge in [0.1, 0.15) is 0 Å². The van der Waals surface area contributed by atoms with Gasteiger partial charge in [0, 0.05) is 5.69 Å². The second-order valence-electron chi connectivity index (χ2n) is 3.02. The van der Waals surface area contributed by atoms with Crippen LogP contribution >= 0.6 is 12.6 Å². The normalized spacial score (nSPS) is 9.77. The zero-order chi connectivity index (χ0) is 9.84. The third-order valence-corrected chi connectivity index (χ3v) is 2.10. The van der Waals surface area contributed by atoms with Gasteiger partial charge in [0.15, 0.2) is 0 Å². The summed E-state index contributed by atoms with van der Waals surface area (Å²) < 4.78 is 0. The molecule has 0 atom stereocenters. The second kappa shape index (κ2) is 4.33. The summed E-state index contributed by atoms with van der Waals surface area (Å²) in [5, 5.41) is 2.79. The highest BCUT2D eigenvalue weighted by Gasteiger charge is 2.01. The van der Waals surface area contributed by atoms with Gasteiger partial charge in [0.25, 0.3) is 0 Å². The molecule has 0 radical (unpaired) electrons. The lowest BCUT2D eigenvalue weighted by Crippen LogP contribution is -2.13. The molecule has 0 aromatic heterocycles. The molecular weight excluding hydrogens is 182 g/mol. The van der Waals surface area contributed by atoms with Crippen molar-refractivity contribution < 1.29 is 4.79 Å². The Morgan fingerprint density at radius 2 is 2.15 bits per heavy atom. The molecule has 1 rings (SSSR count). The molecule has 0 aliphatic rings. The fourth-order valence-corrected chi connectivity index (χ4v) is 1.14. The molecule has 13 heavy (non-hydrogen) atoms. The number of anilines is 1. The summed E-state index contributed by atoms with van der Waals surface area (Å²) in [5.41, 5.74) is 3.08. The lowest BCUT2D eigenvalue weighted by molar-refractivity contribution is -0.113. The average molecular weight is 195 g/mol. The molecule has 0 saturated carbocycles. The van der Waals surface area contributed by atoms with Crippen LogP contribution in [0.1, 0.15) is 11.1 Å². The number of thiol groups is 1. The second-order valence-corrected chi connectivity index (χ2v) is 3.34. The van der Waals surface area contributed by atoms with Crippen LogP contribution < -0.4 is 5.32 Å². The Kier molecular flexibility index (Phi) is 3.37. The van der Waals surface area contributed by atoms with Crippen LogP contribution in [-0.2, 0) is 4.79 Å². The third-order valence-electron chi connectivity index (χ3n) is 1.81. The highest BCUT2D eigenvalue weighted by atomic mass is 32.1. The van der Waals surface area contributed by atoms with Gasteiger partial charge in [-0.25, -0.2) is 0 Å². The predicted molar refractivity (Wildman–Crippen MR) is 58.4 cm³/mol. The molecule has 1 amide bonds. The van der Waals surface area contributed by atoms with Crippen molar-refractivity contribution in [1.82, 2.24) is 0 Å². The van der Waals surface area contributed by atoms with Crippen molar-refractivity contribution in [3.63, 3.8) is 0 Å². The smallest absolute Gasteiger partial charge is 0.234 e. The molecule has 1 aromatic carbocycles. The van der Waals surface area contributed by atoms with E-state index in [1.165, 1.54) is 0 Å². The van der Waals surface area contributed by atoms with Gasteiger partial charge in [-0.15, -0.1) is 0 Å². The molecule has 0 aliphatic carbocycles. The minimum absolute atomic E-state index is 0.0722. The van der Waals surface area contributed by atoms with E-state index in [4.69, 9.17) is 0 Å². The number of benzene rings is 1. The van der Waals surface area contributed by atoms with E-state index in [0.717, 1.165) is 16.8 Å². The molecule has 0 spiro atoms. The van der Waals surface area contributed by atoms with E-state index in [1.807, 2.05) is 32.0 Å². The van der Waals surface area contributed by atoms with Gasteiger partial charge in [-0.2, -0.15) is 12.6 Å². The van der Waals surface area contributed by atoms with Crippen molar-refractivity contribution in [2.75, 3.05) is 11.1 Å². The summed E-state index contributed by atoms with van der Waals surface area (Å²) in [5.74, 6) is 0.143. The fraction of sp³-hybridized carbons (Fsp3) is 0.300. The Bertz CT molecular complexity index is 323. The van der Waals surface area contributed by atoms with Gasteiger partial charge >= 0.3 is 0 Å². The summed E-state index contributed by atoms with van der Waals surface area (Å²) in [6.07, 6.45) is 0. The van der Waals surface area contributed by atoms with Crippen LogP contribution in [0.3, 0.4) is 0 Å². The summed E-state index contributed by atoms with van der Waals surface area (Å²) in [6, 6.07) is 5.96. The Morgan fingerprint density at radius 3 is 2.77 bits per heavy atom. The van der Waals surface area contributed by atoms with Crippen LogP contribution in [0, 0.1) is 13.8 Å². The zero-order valence-corrected chi connectivity index (χ0v) is 8.69. The van der Waals surface area contributed by atoms with Gasteiger partial charge in [-0.05, 0) is 31.0 Å². The van der Waals surface area contributed by atoms with E-state index in [0.29, 0.717) is 0 Å². The number of aryl methyl sites for hydroxylation is 2. The van der Waals surface area contributed by atoms with E-state index < -0.39 is 0 Å². The quantitative estimate of drug-likeness (QED) is 0.696. The summed E-state index contributed by atoms with van der Waals surface area (Å²) in [4.78, 5) is 11.1. The van der Waals surface area contributed by atoms with E-state index in [2.05, 4.69) is 17.9 Å². The van der Waals surface area contributed by atoms with E-state index >= 15 is 0 Å². The first-order chi connectivity index (χ1) is 6.13. The molecule has 0 saturated heterocycles. The van der Waals surface area contributed by atoms with E-state index in [9.17, 15) is 4.79 Å². The van der Waals surface area contributed by atoms with E-state index in [1.54, 1.807) is 0 Å². The first-order valence-corrected chi connectivity index (χ1v) is 4.74. The predicted octanol–water partition coefficient (Wildman–Crippen LogP) is 2.17. The highest BCUT2D eigenvalue weighted by Crippen LogP contribution is 2.15. The van der Waals surface area contributed by atoms with Crippen molar-refractivity contribution >= 4 is 24.2 Å².